The number of benzene rings is 2. The lowest BCUT2D eigenvalue weighted by Crippen LogP contribution is -2.03. The van der Waals surface area contributed by atoms with Crippen molar-refractivity contribution in [2.75, 3.05) is 0 Å². The fraction of sp³-hybridized carbons (Fsp3) is 0.0500. The maximum atomic E-state index is 13.3. The molecule has 0 saturated carbocycles. The second-order valence-corrected chi connectivity index (χ2v) is 6.03. The van der Waals surface area contributed by atoms with Crippen LogP contribution in [0, 0.1) is 5.82 Å². The summed E-state index contributed by atoms with van der Waals surface area (Å²) in [6, 6.07) is 11.6. The molecule has 4 aromatic rings. The Kier molecular flexibility index (Phi) is 4.63. The van der Waals surface area contributed by atoms with E-state index in [0.29, 0.717) is 22.3 Å². The summed E-state index contributed by atoms with van der Waals surface area (Å²) in [5.74, 6) is -1.71. The molecule has 0 radical (unpaired) electrons. The Balaban J connectivity index is 1.93. The van der Waals surface area contributed by atoms with Gasteiger partial charge in [-0.15, -0.1) is 0 Å². The molecule has 4 rings (SSSR count). The maximum Gasteiger partial charge on any atom is 0.387 e. The third kappa shape index (κ3) is 3.62. The number of carboxylic acid groups (broad SMARTS) is 1. The number of hydrogen-bond donors (Lipinski definition) is 1. The van der Waals surface area contributed by atoms with E-state index < -0.39 is 18.4 Å². The second-order valence-electron chi connectivity index (χ2n) is 6.03. The summed E-state index contributed by atoms with van der Waals surface area (Å²) in [7, 11) is 0. The first-order chi connectivity index (χ1) is 13.9. The van der Waals surface area contributed by atoms with E-state index in [-0.39, 0.29) is 17.1 Å². The Morgan fingerprint density at radius 3 is 2.59 bits per heavy atom. The highest BCUT2D eigenvalue weighted by Gasteiger charge is 2.18. The van der Waals surface area contributed by atoms with Crippen LogP contribution in [0.2, 0.25) is 0 Å². The van der Waals surface area contributed by atoms with Crippen LogP contribution in [0.25, 0.3) is 28.0 Å². The van der Waals surface area contributed by atoms with Gasteiger partial charge in [-0.05, 0) is 42.0 Å². The van der Waals surface area contributed by atoms with Crippen molar-refractivity contribution in [3.05, 3.63) is 72.4 Å². The zero-order chi connectivity index (χ0) is 20.5. The predicted molar refractivity (Wildman–Crippen MR) is 97.9 cm³/mol. The molecule has 0 amide bonds. The molecule has 0 aliphatic carbocycles. The molecular weight excluding hydrogens is 387 g/mol. The predicted octanol–water partition coefficient (Wildman–Crippen LogP) is 4.53. The summed E-state index contributed by atoms with van der Waals surface area (Å²) < 4.78 is 44.4. The van der Waals surface area contributed by atoms with Gasteiger partial charge in [0.15, 0.2) is 11.3 Å². The molecule has 0 bridgehead atoms. The number of ether oxygens (including phenoxy) is 1. The highest BCUT2D eigenvalue weighted by Crippen LogP contribution is 2.32. The number of aromatic carboxylic acids is 1. The monoisotopic (exact) mass is 399 g/mol. The van der Waals surface area contributed by atoms with Gasteiger partial charge in [-0.2, -0.15) is 8.78 Å². The number of alkyl halides is 2. The van der Waals surface area contributed by atoms with Crippen molar-refractivity contribution in [3.8, 4) is 22.6 Å². The van der Waals surface area contributed by atoms with E-state index in [9.17, 15) is 23.1 Å². The van der Waals surface area contributed by atoms with Crippen LogP contribution >= 0.6 is 0 Å². The van der Waals surface area contributed by atoms with Crippen LogP contribution in [0.3, 0.4) is 0 Å². The van der Waals surface area contributed by atoms with Crippen LogP contribution < -0.4 is 4.74 Å². The van der Waals surface area contributed by atoms with E-state index in [1.165, 1.54) is 36.4 Å². The molecule has 0 fully saturated rings. The van der Waals surface area contributed by atoms with Gasteiger partial charge < -0.3 is 9.84 Å². The number of carbonyl (C=O) groups is 1. The van der Waals surface area contributed by atoms with Gasteiger partial charge in [0, 0.05) is 17.4 Å². The molecule has 146 valence electrons. The number of rotatable bonds is 5. The Labute approximate surface area is 161 Å². The quantitative estimate of drug-likeness (QED) is 0.534. The SMILES string of the molecule is O=C(O)c1cnc2c(-c3cccc(OC(F)F)c3)cn(-c3ccc(F)cc3)c2n1. The number of halogens is 3. The van der Waals surface area contributed by atoms with E-state index >= 15 is 0 Å². The van der Waals surface area contributed by atoms with Gasteiger partial charge in [-0.3, -0.25) is 4.57 Å². The number of nitrogens with zero attached hydrogens (tertiary/aromatic N) is 3. The van der Waals surface area contributed by atoms with Crippen molar-refractivity contribution >= 4 is 17.1 Å². The standard InChI is InChI=1S/C20H12F3N3O3/c21-12-4-6-13(7-5-12)26-10-15(11-2-1-3-14(8-11)29-20(22)23)17-18(26)25-16(9-24-17)19(27)28/h1-10,20H,(H,27,28). The van der Waals surface area contributed by atoms with Crippen molar-refractivity contribution < 1.29 is 27.8 Å². The largest absolute Gasteiger partial charge is 0.476 e. The minimum atomic E-state index is -2.97. The van der Waals surface area contributed by atoms with Crippen molar-refractivity contribution in [3.63, 3.8) is 0 Å². The second kappa shape index (κ2) is 7.27. The minimum absolute atomic E-state index is 0.0321. The summed E-state index contributed by atoms with van der Waals surface area (Å²) in [5.41, 5.74) is 1.89. The first-order valence-corrected chi connectivity index (χ1v) is 8.35. The van der Waals surface area contributed by atoms with E-state index in [0.717, 1.165) is 6.20 Å². The average Bonchev–Trinajstić information content (AvgIpc) is 3.07. The van der Waals surface area contributed by atoms with Gasteiger partial charge >= 0.3 is 12.6 Å². The van der Waals surface area contributed by atoms with Crippen LogP contribution in [0.15, 0.2) is 60.9 Å². The fourth-order valence-electron chi connectivity index (χ4n) is 2.94. The molecule has 0 aliphatic heterocycles. The van der Waals surface area contributed by atoms with Crippen molar-refractivity contribution in [1.29, 1.82) is 0 Å². The molecule has 2 aromatic heterocycles. The van der Waals surface area contributed by atoms with Crippen LogP contribution in [0.5, 0.6) is 5.75 Å². The molecule has 0 spiro atoms. The van der Waals surface area contributed by atoms with E-state index in [1.807, 2.05) is 0 Å². The molecule has 29 heavy (non-hydrogen) atoms. The Morgan fingerprint density at radius 2 is 1.90 bits per heavy atom. The zero-order valence-electron chi connectivity index (χ0n) is 14.6. The molecule has 2 heterocycles. The average molecular weight is 399 g/mol. The van der Waals surface area contributed by atoms with Gasteiger partial charge in [0.25, 0.3) is 0 Å². The van der Waals surface area contributed by atoms with Crippen molar-refractivity contribution in [2.45, 2.75) is 6.61 Å². The highest BCUT2D eigenvalue weighted by molar-refractivity contribution is 5.94. The highest BCUT2D eigenvalue weighted by atomic mass is 19.3. The Morgan fingerprint density at radius 1 is 1.14 bits per heavy atom. The Bertz CT molecular complexity index is 1210. The minimum Gasteiger partial charge on any atom is -0.476 e. The maximum absolute atomic E-state index is 13.3. The normalized spacial score (nSPS) is 11.2. The molecule has 6 nitrogen and oxygen atoms in total. The van der Waals surface area contributed by atoms with Crippen LogP contribution in [0.4, 0.5) is 13.2 Å². The van der Waals surface area contributed by atoms with Crippen LogP contribution in [-0.4, -0.2) is 32.2 Å². The zero-order valence-corrected chi connectivity index (χ0v) is 14.6. The topological polar surface area (TPSA) is 77.2 Å². The first kappa shape index (κ1) is 18.5. The molecule has 2 aromatic carbocycles. The number of carboxylic acids is 1. The summed E-state index contributed by atoms with van der Waals surface area (Å²) >= 11 is 0. The molecule has 0 saturated heterocycles. The summed E-state index contributed by atoms with van der Waals surface area (Å²) in [4.78, 5) is 19.7. The van der Waals surface area contributed by atoms with Crippen molar-refractivity contribution in [2.24, 2.45) is 0 Å². The molecule has 0 atom stereocenters. The van der Waals surface area contributed by atoms with E-state index in [1.54, 1.807) is 22.9 Å². The third-order valence-corrected chi connectivity index (χ3v) is 4.19. The number of fused-ring (bicyclic) bond motifs is 1. The number of aromatic nitrogens is 3. The van der Waals surface area contributed by atoms with Gasteiger partial charge in [0.05, 0.1) is 6.20 Å². The van der Waals surface area contributed by atoms with Crippen LogP contribution in [-0.2, 0) is 0 Å². The summed E-state index contributed by atoms with van der Waals surface area (Å²) in [6.45, 7) is -2.97. The molecule has 1 N–H and O–H groups in total. The molecule has 0 aliphatic rings. The number of hydrogen-bond acceptors (Lipinski definition) is 4. The summed E-state index contributed by atoms with van der Waals surface area (Å²) in [5, 5.41) is 9.24. The van der Waals surface area contributed by atoms with Crippen LogP contribution in [0.1, 0.15) is 10.5 Å². The van der Waals surface area contributed by atoms with E-state index in [4.69, 9.17) is 0 Å². The first-order valence-electron chi connectivity index (χ1n) is 8.35. The van der Waals surface area contributed by atoms with Crippen molar-refractivity contribution in [1.82, 2.24) is 14.5 Å². The fourth-order valence-corrected chi connectivity index (χ4v) is 2.94. The molecule has 0 unspecified atom stereocenters. The summed E-state index contributed by atoms with van der Waals surface area (Å²) in [6.07, 6.45) is 2.74. The smallest absolute Gasteiger partial charge is 0.387 e. The molecular formula is C20H12F3N3O3. The third-order valence-electron chi connectivity index (χ3n) is 4.19. The van der Waals surface area contributed by atoms with Gasteiger partial charge in [0.1, 0.15) is 17.1 Å². The van der Waals surface area contributed by atoms with Gasteiger partial charge in [-0.1, -0.05) is 12.1 Å². The molecule has 9 heteroatoms. The Hall–Kier alpha value is -3.88. The van der Waals surface area contributed by atoms with E-state index in [2.05, 4.69) is 14.7 Å². The van der Waals surface area contributed by atoms with Gasteiger partial charge in [-0.25, -0.2) is 19.2 Å². The lowest BCUT2D eigenvalue weighted by atomic mass is 10.1. The van der Waals surface area contributed by atoms with Gasteiger partial charge in [0.2, 0.25) is 0 Å². The lowest BCUT2D eigenvalue weighted by Gasteiger charge is -2.06. The lowest BCUT2D eigenvalue weighted by molar-refractivity contribution is -0.0498.